The lowest BCUT2D eigenvalue weighted by atomic mass is 10.2. The van der Waals surface area contributed by atoms with Crippen LogP contribution in [0.15, 0.2) is 0 Å². The maximum Gasteiger partial charge on any atom is 0.0822 e. The number of rotatable bonds is 7. The highest BCUT2D eigenvalue weighted by Gasteiger charge is 1.88. The van der Waals surface area contributed by atoms with Crippen molar-refractivity contribution in [3.8, 4) is 0 Å². The summed E-state index contributed by atoms with van der Waals surface area (Å²) < 4.78 is 5.14. The van der Waals surface area contributed by atoms with Gasteiger partial charge < -0.3 is 4.74 Å². The van der Waals surface area contributed by atoms with Crippen LogP contribution >= 0.6 is 0 Å². The fraction of sp³-hybridized carbons (Fsp3) is 1.00. The molecule has 2 heteroatoms. The van der Waals surface area contributed by atoms with Crippen molar-refractivity contribution in [1.29, 1.82) is 0 Å². The van der Waals surface area contributed by atoms with Crippen LogP contribution in [0, 0.1) is 0 Å². The molecule has 0 saturated heterocycles. The molecule has 61 valence electrons. The third kappa shape index (κ3) is 7.92. The van der Waals surface area contributed by atoms with Crippen LogP contribution in [-0.2, 0) is 9.84 Å². The van der Waals surface area contributed by atoms with Crippen LogP contribution in [0.2, 0.25) is 0 Å². The van der Waals surface area contributed by atoms with Gasteiger partial charge in [-0.1, -0.05) is 12.8 Å². The Hall–Kier alpha value is -0.0800. The van der Waals surface area contributed by atoms with Crippen molar-refractivity contribution in [3.05, 3.63) is 0 Å². The standard InChI is InChI=1S/C8H17O2/c1-2-10-8-6-4-3-5-7-9/h2-8H2,1H3. The SMILES string of the molecule is CCOCCCCCC[O]. The molecule has 0 rings (SSSR count). The van der Waals surface area contributed by atoms with Gasteiger partial charge in [0.25, 0.3) is 0 Å². The molecule has 0 atom stereocenters. The fourth-order valence-corrected chi connectivity index (χ4v) is 0.804. The molecule has 0 aliphatic rings. The van der Waals surface area contributed by atoms with Gasteiger partial charge in [-0.2, -0.15) is 0 Å². The smallest absolute Gasteiger partial charge is 0.0822 e. The van der Waals surface area contributed by atoms with Crippen molar-refractivity contribution < 1.29 is 9.84 Å². The molecule has 0 bridgehead atoms. The normalized spacial score (nSPS) is 10.2. The lowest BCUT2D eigenvalue weighted by Crippen LogP contribution is -1.93. The van der Waals surface area contributed by atoms with Gasteiger partial charge in [0.15, 0.2) is 0 Å². The fourth-order valence-electron chi connectivity index (χ4n) is 0.804. The first-order valence-electron chi connectivity index (χ1n) is 4.07. The van der Waals surface area contributed by atoms with Gasteiger partial charge in [-0.05, 0) is 19.8 Å². The molecule has 0 saturated carbocycles. The highest BCUT2D eigenvalue weighted by atomic mass is 16.5. The Kier molecular flexibility index (Phi) is 8.85. The summed E-state index contributed by atoms with van der Waals surface area (Å²) in [5.41, 5.74) is 0. The Bertz CT molecular complexity index is 47.2. The molecule has 0 aromatic rings. The van der Waals surface area contributed by atoms with E-state index in [4.69, 9.17) is 4.74 Å². The lowest BCUT2D eigenvalue weighted by molar-refractivity contribution is 0.140. The summed E-state index contributed by atoms with van der Waals surface area (Å²) >= 11 is 0. The zero-order valence-electron chi connectivity index (χ0n) is 6.77. The van der Waals surface area contributed by atoms with Gasteiger partial charge in [-0.15, -0.1) is 0 Å². The van der Waals surface area contributed by atoms with Gasteiger partial charge in [-0.25, -0.2) is 5.11 Å². The van der Waals surface area contributed by atoms with E-state index in [2.05, 4.69) is 0 Å². The predicted octanol–water partition coefficient (Wildman–Crippen LogP) is 2.01. The number of hydrogen-bond acceptors (Lipinski definition) is 1. The monoisotopic (exact) mass is 145 g/mol. The zero-order valence-corrected chi connectivity index (χ0v) is 6.77. The molecule has 0 unspecified atom stereocenters. The van der Waals surface area contributed by atoms with Gasteiger partial charge in [0.2, 0.25) is 0 Å². The van der Waals surface area contributed by atoms with Crippen LogP contribution in [0.25, 0.3) is 0 Å². The first-order valence-corrected chi connectivity index (χ1v) is 4.07. The molecule has 0 fully saturated rings. The highest BCUT2D eigenvalue weighted by molar-refractivity contribution is 4.40. The Morgan fingerprint density at radius 3 is 2.40 bits per heavy atom. The Balaban J connectivity index is 2.65. The minimum Gasteiger partial charge on any atom is -0.382 e. The van der Waals surface area contributed by atoms with Crippen molar-refractivity contribution >= 4 is 0 Å². The summed E-state index contributed by atoms with van der Waals surface area (Å²) in [4.78, 5) is 0. The van der Waals surface area contributed by atoms with Gasteiger partial charge in [0.1, 0.15) is 0 Å². The maximum absolute atomic E-state index is 9.99. The first kappa shape index (κ1) is 9.92. The van der Waals surface area contributed by atoms with Crippen molar-refractivity contribution in [2.45, 2.75) is 32.6 Å². The van der Waals surface area contributed by atoms with Gasteiger partial charge in [0.05, 0.1) is 6.61 Å². The average Bonchev–Trinajstić information content (AvgIpc) is 1.97. The van der Waals surface area contributed by atoms with E-state index in [9.17, 15) is 5.11 Å². The summed E-state index contributed by atoms with van der Waals surface area (Å²) in [7, 11) is 0. The molecule has 10 heavy (non-hydrogen) atoms. The van der Waals surface area contributed by atoms with Crippen LogP contribution < -0.4 is 0 Å². The van der Waals surface area contributed by atoms with E-state index in [1.165, 1.54) is 0 Å². The van der Waals surface area contributed by atoms with E-state index in [1.54, 1.807) is 0 Å². The molecule has 0 amide bonds. The average molecular weight is 145 g/mol. The van der Waals surface area contributed by atoms with Gasteiger partial charge >= 0.3 is 0 Å². The van der Waals surface area contributed by atoms with Gasteiger partial charge in [-0.3, -0.25) is 0 Å². The largest absolute Gasteiger partial charge is 0.382 e. The van der Waals surface area contributed by atoms with Crippen LogP contribution in [-0.4, -0.2) is 19.8 Å². The summed E-state index contributed by atoms with van der Waals surface area (Å²) in [5, 5.41) is 9.99. The molecule has 0 spiro atoms. The Morgan fingerprint density at radius 1 is 1.10 bits per heavy atom. The van der Waals surface area contributed by atoms with Crippen LogP contribution in [0.1, 0.15) is 32.6 Å². The van der Waals surface area contributed by atoms with E-state index >= 15 is 0 Å². The minimum atomic E-state index is 0.0780. The number of unbranched alkanes of at least 4 members (excludes halogenated alkanes) is 3. The summed E-state index contributed by atoms with van der Waals surface area (Å²) in [6.45, 7) is 3.74. The molecule has 1 radical (unpaired) electrons. The minimum absolute atomic E-state index is 0.0780. The summed E-state index contributed by atoms with van der Waals surface area (Å²) in [6.07, 6.45) is 4.14. The molecule has 0 aliphatic heterocycles. The van der Waals surface area contributed by atoms with Crippen molar-refractivity contribution in [1.82, 2.24) is 0 Å². The van der Waals surface area contributed by atoms with Crippen LogP contribution in [0.5, 0.6) is 0 Å². The zero-order chi connectivity index (χ0) is 7.66. The van der Waals surface area contributed by atoms with Crippen molar-refractivity contribution in [3.63, 3.8) is 0 Å². The molecular weight excluding hydrogens is 128 g/mol. The second kappa shape index (κ2) is 8.92. The molecular formula is C8H17O2. The van der Waals surface area contributed by atoms with Crippen molar-refractivity contribution in [2.24, 2.45) is 0 Å². The molecule has 0 N–H and O–H groups in total. The number of hydrogen-bond donors (Lipinski definition) is 0. The summed E-state index contributed by atoms with van der Waals surface area (Å²) in [6, 6.07) is 0. The third-order valence-electron chi connectivity index (χ3n) is 1.39. The van der Waals surface area contributed by atoms with E-state index in [-0.39, 0.29) is 6.61 Å². The Morgan fingerprint density at radius 2 is 1.80 bits per heavy atom. The van der Waals surface area contributed by atoms with Crippen molar-refractivity contribution in [2.75, 3.05) is 19.8 Å². The molecule has 0 aliphatic carbocycles. The second-order valence-electron chi connectivity index (χ2n) is 2.32. The van der Waals surface area contributed by atoms with E-state index in [0.29, 0.717) is 0 Å². The van der Waals surface area contributed by atoms with Gasteiger partial charge in [0, 0.05) is 13.2 Å². The second-order valence-corrected chi connectivity index (χ2v) is 2.32. The number of ether oxygens (including phenoxy) is 1. The van der Waals surface area contributed by atoms with E-state index < -0.39 is 0 Å². The quantitative estimate of drug-likeness (QED) is 0.504. The van der Waals surface area contributed by atoms with E-state index in [0.717, 1.165) is 38.9 Å². The first-order chi connectivity index (χ1) is 4.91. The van der Waals surface area contributed by atoms with Crippen LogP contribution in [0.4, 0.5) is 0 Å². The molecule has 0 aromatic heterocycles. The predicted molar refractivity (Wildman–Crippen MR) is 40.5 cm³/mol. The molecule has 0 heterocycles. The van der Waals surface area contributed by atoms with Crippen LogP contribution in [0.3, 0.4) is 0 Å². The highest BCUT2D eigenvalue weighted by Crippen LogP contribution is 1.98. The molecule has 0 aromatic carbocycles. The molecule has 2 nitrogen and oxygen atoms in total. The lowest BCUT2D eigenvalue weighted by Gasteiger charge is -1.99. The summed E-state index contributed by atoms with van der Waals surface area (Å²) in [5.74, 6) is 0. The third-order valence-corrected chi connectivity index (χ3v) is 1.39. The maximum atomic E-state index is 9.99. The van der Waals surface area contributed by atoms with E-state index in [1.807, 2.05) is 6.92 Å². The Labute approximate surface area is 63.2 Å². The topological polar surface area (TPSA) is 29.1 Å².